The van der Waals surface area contributed by atoms with Crippen LogP contribution in [0.4, 0.5) is 11.5 Å². The second kappa shape index (κ2) is 13.5. The molecule has 45 heavy (non-hydrogen) atoms. The number of piperazine rings is 1. The third kappa shape index (κ3) is 6.62. The number of hydrogen-bond acceptors (Lipinski definition) is 7. The molecule has 3 aromatic rings. The maximum absolute atomic E-state index is 12.6. The first-order valence-electron chi connectivity index (χ1n) is 16.3. The van der Waals surface area contributed by atoms with Gasteiger partial charge in [0.1, 0.15) is 18.0 Å². The van der Waals surface area contributed by atoms with Crippen molar-refractivity contribution in [3.05, 3.63) is 77.3 Å². The number of anilines is 2. The van der Waals surface area contributed by atoms with E-state index in [9.17, 15) is 4.79 Å². The van der Waals surface area contributed by atoms with Crippen LogP contribution in [0.1, 0.15) is 43.0 Å². The van der Waals surface area contributed by atoms with Crippen molar-refractivity contribution in [1.29, 1.82) is 0 Å². The lowest BCUT2D eigenvalue weighted by Crippen LogP contribution is -2.56. The molecular formula is C36H45N7O2. The molecule has 6 rings (SSSR count). The molecule has 3 aliphatic rings. The van der Waals surface area contributed by atoms with Crippen LogP contribution in [0.2, 0.25) is 0 Å². The summed E-state index contributed by atoms with van der Waals surface area (Å²) >= 11 is 0. The van der Waals surface area contributed by atoms with Gasteiger partial charge >= 0.3 is 6.01 Å². The van der Waals surface area contributed by atoms with Crippen molar-refractivity contribution in [2.75, 3.05) is 62.7 Å². The molecule has 9 nitrogen and oxygen atoms in total. The fourth-order valence-electron chi connectivity index (χ4n) is 7.24. The predicted molar refractivity (Wildman–Crippen MR) is 180 cm³/mol. The van der Waals surface area contributed by atoms with E-state index in [0.29, 0.717) is 32.2 Å². The summed E-state index contributed by atoms with van der Waals surface area (Å²) < 4.78 is 6.46. The lowest BCUT2D eigenvalue weighted by molar-refractivity contribution is -0.128. The van der Waals surface area contributed by atoms with Gasteiger partial charge in [-0.25, -0.2) is 6.57 Å². The van der Waals surface area contributed by atoms with Gasteiger partial charge < -0.3 is 29.2 Å². The minimum absolute atomic E-state index is 0.0710. The van der Waals surface area contributed by atoms with E-state index in [1.165, 1.54) is 47.4 Å². The summed E-state index contributed by atoms with van der Waals surface area (Å²) in [6, 6.07) is 13.2. The van der Waals surface area contributed by atoms with Crippen molar-refractivity contribution in [2.45, 2.75) is 58.2 Å². The molecule has 3 heterocycles. The average molecular weight is 608 g/mol. The highest BCUT2D eigenvalue weighted by Gasteiger charge is 2.35. The summed E-state index contributed by atoms with van der Waals surface area (Å²) in [6.45, 7) is 20.8. The average Bonchev–Trinajstić information content (AvgIpc) is 3.01. The molecule has 236 valence electrons. The zero-order valence-electron chi connectivity index (χ0n) is 26.9. The van der Waals surface area contributed by atoms with Crippen molar-refractivity contribution >= 4 is 28.2 Å². The van der Waals surface area contributed by atoms with Gasteiger partial charge in [-0.1, -0.05) is 43.3 Å². The summed E-state index contributed by atoms with van der Waals surface area (Å²) in [4.78, 5) is 35.2. The Hall–Kier alpha value is -4.16. The van der Waals surface area contributed by atoms with Crippen molar-refractivity contribution in [1.82, 2.24) is 19.8 Å². The number of hydrogen-bond donors (Lipinski definition) is 0. The second-order valence-electron chi connectivity index (χ2n) is 13.0. The monoisotopic (exact) mass is 607 g/mol. The second-order valence-corrected chi connectivity index (χ2v) is 13.0. The number of fused-ring (bicyclic) bond motifs is 2. The van der Waals surface area contributed by atoms with Crippen LogP contribution in [0.25, 0.3) is 15.6 Å². The van der Waals surface area contributed by atoms with Crippen molar-refractivity contribution in [3.8, 4) is 6.01 Å². The van der Waals surface area contributed by atoms with Gasteiger partial charge in [-0.3, -0.25) is 4.79 Å². The fraction of sp³-hybridized carbons (Fsp3) is 0.500. The number of carbonyl (C=O) groups excluding carboxylic acids is 1. The zero-order chi connectivity index (χ0) is 31.5. The molecule has 0 bridgehead atoms. The van der Waals surface area contributed by atoms with Gasteiger partial charge in [-0.15, -0.1) is 0 Å². The van der Waals surface area contributed by atoms with Crippen molar-refractivity contribution < 1.29 is 9.53 Å². The molecule has 2 aromatic carbocycles. The Bertz CT molecular complexity index is 1590. The first-order chi connectivity index (χ1) is 21.8. The lowest BCUT2D eigenvalue weighted by atomic mass is 9.85. The highest BCUT2D eigenvalue weighted by molar-refractivity contribution is 5.97. The number of likely N-dealkylation sites (N-methyl/N-ethyl adjacent to an activating group) is 1. The van der Waals surface area contributed by atoms with E-state index in [1.807, 2.05) is 0 Å². The minimum Gasteiger partial charge on any atom is -0.459 e. The third-order valence-corrected chi connectivity index (χ3v) is 9.67. The van der Waals surface area contributed by atoms with E-state index in [1.54, 1.807) is 4.90 Å². The SMILES string of the molecule is [C-]#[N+]C[C@H]1CN(c2nc(O[C@H](C)CN(C)CC3CCC3)nc3c2CCN(c2cccc4cccc(C)c24)C3)CCN1C(=O)C=C. The topological polar surface area (TPSA) is 69.4 Å². The maximum atomic E-state index is 12.6. The molecule has 1 amide bonds. The molecule has 9 heteroatoms. The van der Waals surface area contributed by atoms with Gasteiger partial charge in [0.2, 0.25) is 12.5 Å². The quantitative estimate of drug-likeness (QED) is 0.234. The summed E-state index contributed by atoms with van der Waals surface area (Å²) in [6.07, 6.45) is 6.06. The molecule has 0 N–H and O–H groups in total. The van der Waals surface area contributed by atoms with Gasteiger partial charge in [-0.2, -0.15) is 9.97 Å². The summed E-state index contributed by atoms with van der Waals surface area (Å²) in [7, 11) is 2.17. The van der Waals surface area contributed by atoms with Gasteiger partial charge in [0.25, 0.3) is 0 Å². The van der Waals surface area contributed by atoms with Crippen LogP contribution < -0.4 is 14.5 Å². The maximum Gasteiger partial charge on any atom is 0.318 e. The highest BCUT2D eigenvalue weighted by Crippen LogP contribution is 2.36. The van der Waals surface area contributed by atoms with E-state index >= 15 is 0 Å². The summed E-state index contributed by atoms with van der Waals surface area (Å²) in [5.41, 5.74) is 4.60. The van der Waals surface area contributed by atoms with Crippen molar-refractivity contribution in [3.63, 3.8) is 0 Å². The predicted octanol–water partition coefficient (Wildman–Crippen LogP) is 5.12. The van der Waals surface area contributed by atoms with Crippen molar-refractivity contribution in [2.24, 2.45) is 5.92 Å². The number of aryl methyl sites for hydroxylation is 1. The van der Waals surface area contributed by atoms with Crippen LogP contribution in [0.15, 0.2) is 49.1 Å². The summed E-state index contributed by atoms with van der Waals surface area (Å²) in [5, 5.41) is 2.52. The smallest absolute Gasteiger partial charge is 0.318 e. The third-order valence-electron chi connectivity index (χ3n) is 9.67. The Labute approximate surface area is 267 Å². The van der Waals surface area contributed by atoms with Crippen LogP contribution in [0.5, 0.6) is 6.01 Å². The number of benzene rings is 2. The minimum atomic E-state index is -0.227. The van der Waals surface area contributed by atoms with Crippen LogP contribution in [-0.2, 0) is 17.8 Å². The highest BCUT2D eigenvalue weighted by atomic mass is 16.5. The Morgan fingerprint density at radius 2 is 1.98 bits per heavy atom. The normalized spacial score (nSPS) is 19.2. The van der Waals surface area contributed by atoms with E-state index in [2.05, 4.69) is 83.4 Å². The molecule has 0 radical (unpaired) electrons. The molecular weight excluding hydrogens is 562 g/mol. The Balaban J connectivity index is 1.31. The number of ether oxygens (including phenoxy) is 1. The fourth-order valence-corrected chi connectivity index (χ4v) is 7.24. The molecule has 2 aliphatic heterocycles. The standard InChI is InChI=1S/C36H45N7O2/c1-6-33(44)43-19-18-42(23-29(43)20-37-4)35-30-16-17-41(32-15-9-14-28-13-7-10-25(2)34(28)32)24-31(30)38-36(39-35)45-26(3)21-40(5)22-27-11-8-12-27/h6-7,9-10,13-15,26-27,29H,1,8,11-12,16-24H2,2-3,5H3/t26-,29+/m1/s1. The molecule has 1 aromatic heterocycles. The van der Waals surface area contributed by atoms with Crippen LogP contribution in [0.3, 0.4) is 0 Å². The van der Waals surface area contributed by atoms with E-state index in [0.717, 1.165) is 49.0 Å². The Kier molecular flexibility index (Phi) is 9.22. The van der Waals surface area contributed by atoms with Crippen LogP contribution >= 0.6 is 0 Å². The first kappa shape index (κ1) is 30.8. The van der Waals surface area contributed by atoms with E-state index in [4.69, 9.17) is 21.3 Å². The lowest BCUT2D eigenvalue weighted by Gasteiger charge is -2.41. The zero-order valence-corrected chi connectivity index (χ0v) is 26.9. The molecule has 0 unspecified atom stereocenters. The molecule has 1 saturated carbocycles. The van der Waals surface area contributed by atoms with E-state index in [-0.39, 0.29) is 24.6 Å². The van der Waals surface area contributed by atoms with Gasteiger partial charge in [0.05, 0.1) is 12.2 Å². The van der Waals surface area contributed by atoms with Gasteiger partial charge in [0, 0.05) is 55.9 Å². The number of nitrogens with zero attached hydrogens (tertiary/aromatic N) is 7. The number of rotatable bonds is 10. The Morgan fingerprint density at radius 1 is 1.18 bits per heavy atom. The molecule has 2 atom stereocenters. The molecule has 2 fully saturated rings. The number of aromatic nitrogens is 2. The summed E-state index contributed by atoms with van der Waals surface area (Å²) in [5.74, 6) is 1.55. The van der Waals surface area contributed by atoms with E-state index < -0.39 is 0 Å². The number of amides is 1. The van der Waals surface area contributed by atoms with Crippen LogP contribution in [0, 0.1) is 19.4 Å². The van der Waals surface area contributed by atoms with Gasteiger partial charge in [0.15, 0.2) is 0 Å². The Morgan fingerprint density at radius 3 is 2.71 bits per heavy atom. The molecule has 1 saturated heterocycles. The number of carbonyl (C=O) groups is 1. The molecule has 1 aliphatic carbocycles. The first-order valence-corrected chi connectivity index (χ1v) is 16.3. The van der Waals surface area contributed by atoms with Crippen LogP contribution in [-0.4, -0.2) is 90.7 Å². The largest absolute Gasteiger partial charge is 0.459 e. The van der Waals surface area contributed by atoms with Gasteiger partial charge in [-0.05, 0) is 69.2 Å². The molecule has 0 spiro atoms.